The number of amides is 2. The topological polar surface area (TPSA) is 61.9 Å². The third kappa shape index (κ3) is 4.76. The second-order valence-electron chi connectivity index (χ2n) is 10.2. The van der Waals surface area contributed by atoms with Crippen molar-refractivity contribution in [2.45, 2.75) is 65.8 Å². The summed E-state index contributed by atoms with van der Waals surface area (Å²) in [5.74, 6) is 0.0617. The van der Waals surface area contributed by atoms with E-state index >= 15 is 0 Å². The van der Waals surface area contributed by atoms with Crippen molar-refractivity contribution in [3.05, 3.63) is 58.7 Å². The zero-order chi connectivity index (χ0) is 26.2. The molecule has 1 unspecified atom stereocenters. The maximum atomic E-state index is 13.6. The number of nitrogens with one attached hydrogen (secondary N) is 1. The molecule has 4 rings (SSSR count). The number of hydrogen-bond acceptors (Lipinski definition) is 5. The van der Waals surface area contributed by atoms with Crippen LogP contribution in [0.1, 0.15) is 70.1 Å². The number of ether oxygens (including phenoxy) is 1. The molecule has 36 heavy (non-hydrogen) atoms. The van der Waals surface area contributed by atoms with E-state index in [1.165, 1.54) is 16.2 Å². The average Bonchev–Trinajstić information content (AvgIpc) is 2.80. The highest BCUT2D eigenvalue weighted by Gasteiger charge is 2.37. The van der Waals surface area contributed by atoms with Gasteiger partial charge in [0.15, 0.2) is 5.11 Å². The SMILES string of the molecule is CCCN1c2cc(C)c(/C=C3/C(=O)NC(=S)N(c4cccc(OCC)c4)C3=O)cc2C(C)CC1(C)C. The van der Waals surface area contributed by atoms with Crippen molar-refractivity contribution in [1.29, 1.82) is 0 Å². The van der Waals surface area contributed by atoms with Gasteiger partial charge >= 0.3 is 0 Å². The molecule has 0 saturated carbocycles. The number of carbonyl (C=O) groups is 2. The summed E-state index contributed by atoms with van der Waals surface area (Å²) in [6.45, 7) is 14.5. The van der Waals surface area contributed by atoms with Crippen molar-refractivity contribution in [3.8, 4) is 5.75 Å². The molecule has 6 nitrogen and oxygen atoms in total. The minimum absolute atomic E-state index is 0.0580. The highest BCUT2D eigenvalue weighted by Crippen LogP contribution is 2.44. The molecule has 2 aliphatic rings. The maximum Gasteiger partial charge on any atom is 0.270 e. The number of thiocarbonyl (C=S) groups is 1. The minimum Gasteiger partial charge on any atom is -0.494 e. The first-order valence-corrected chi connectivity index (χ1v) is 13.0. The lowest BCUT2D eigenvalue weighted by Gasteiger charge is -2.48. The van der Waals surface area contributed by atoms with Crippen LogP contribution in [-0.4, -0.2) is 35.6 Å². The van der Waals surface area contributed by atoms with E-state index in [2.05, 4.69) is 50.0 Å². The number of nitrogens with zero attached hydrogens (tertiary/aromatic N) is 2. The second kappa shape index (κ2) is 10.1. The normalized spacial score (nSPS) is 20.4. The smallest absolute Gasteiger partial charge is 0.270 e. The Morgan fingerprint density at radius 3 is 2.64 bits per heavy atom. The van der Waals surface area contributed by atoms with Crippen molar-refractivity contribution in [1.82, 2.24) is 5.32 Å². The van der Waals surface area contributed by atoms with Crippen molar-refractivity contribution >= 4 is 46.6 Å². The predicted octanol–water partition coefficient (Wildman–Crippen LogP) is 5.73. The molecule has 0 aliphatic carbocycles. The third-order valence-corrected chi connectivity index (χ3v) is 7.29. The lowest BCUT2D eigenvalue weighted by atomic mass is 9.78. The summed E-state index contributed by atoms with van der Waals surface area (Å²) in [4.78, 5) is 30.3. The molecule has 0 aromatic heterocycles. The van der Waals surface area contributed by atoms with Gasteiger partial charge in [-0.25, -0.2) is 0 Å². The second-order valence-corrected chi connectivity index (χ2v) is 10.6. The fourth-order valence-corrected chi connectivity index (χ4v) is 5.66. The van der Waals surface area contributed by atoms with Gasteiger partial charge in [-0.2, -0.15) is 0 Å². The zero-order valence-electron chi connectivity index (χ0n) is 22.0. The molecule has 0 bridgehead atoms. The van der Waals surface area contributed by atoms with Gasteiger partial charge in [-0.3, -0.25) is 19.8 Å². The van der Waals surface area contributed by atoms with Crippen molar-refractivity contribution in [2.24, 2.45) is 0 Å². The molecule has 0 radical (unpaired) electrons. The standard InChI is InChI=1S/C29H35N3O3S/c1-7-12-31-25-13-18(3)20(14-23(25)19(4)17-29(31,5)6)15-24-26(33)30-28(36)32(27(24)34)21-10-9-11-22(16-21)35-8-2/h9-11,13-16,19H,7-8,12,17H2,1-6H3,(H,30,33,36)/b24-15-. The van der Waals surface area contributed by atoms with Crippen LogP contribution in [0.25, 0.3) is 6.08 Å². The highest BCUT2D eigenvalue weighted by molar-refractivity contribution is 7.80. The van der Waals surface area contributed by atoms with Crippen LogP contribution in [-0.2, 0) is 9.59 Å². The Morgan fingerprint density at radius 2 is 1.94 bits per heavy atom. The number of fused-ring (bicyclic) bond motifs is 1. The van der Waals surface area contributed by atoms with Gasteiger partial charge in [0, 0.05) is 23.8 Å². The van der Waals surface area contributed by atoms with Gasteiger partial charge in [0.2, 0.25) is 0 Å². The Bertz CT molecular complexity index is 1250. The van der Waals surface area contributed by atoms with Gasteiger partial charge in [0.25, 0.3) is 11.8 Å². The molecule has 2 heterocycles. The van der Waals surface area contributed by atoms with Crippen LogP contribution >= 0.6 is 12.2 Å². The van der Waals surface area contributed by atoms with Crippen LogP contribution < -0.4 is 19.9 Å². The molecule has 2 amide bonds. The molecular weight excluding hydrogens is 470 g/mol. The van der Waals surface area contributed by atoms with E-state index < -0.39 is 11.8 Å². The quantitative estimate of drug-likeness (QED) is 0.309. The Kier molecular flexibility index (Phi) is 7.23. The first-order chi connectivity index (χ1) is 17.1. The summed E-state index contributed by atoms with van der Waals surface area (Å²) in [6.07, 6.45) is 3.80. The summed E-state index contributed by atoms with van der Waals surface area (Å²) in [5, 5.41) is 2.74. The fourth-order valence-electron chi connectivity index (χ4n) is 5.38. The summed E-state index contributed by atoms with van der Waals surface area (Å²) < 4.78 is 5.58. The molecule has 1 N–H and O–H groups in total. The first kappa shape index (κ1) is 25.9. The molecule has 1 fully saturated rings. The Hall–Kier alpha value is -3.19. The van der Waals surface area contributed by atoms with Gasteiger partial charge in [-0.15, -0.1) is 0 Å². The van der Waals surface area contributed by atoms with Gasteiger partial charge in [0.1, 0.15) is 11.3 Å². The van der Waals surface area contributed by atoms with Crippen LogP contribution in [0.4, 0.5) is 11.4 Å². The van der Waals surface area contributed by atoms with Crippen molar-refractivity contribution < 1.29 is 14.3 Å². The van der Waals surface area contributed by atoms with E-state index in [0.717, 1.165) is 30.5 Å². The lowest BCUT2D eigenvalue weighted by Crippen LogP contribution is -2.54. The van der Waals surface area contributed by atoms with Crippen LogP contribution in [0, 0.1) is 6.92 Å². The molecule has 0 spiro atoms. The van der Waals surface area contributed by atoms with Gasteiger partial charge < -0.3 is 9.64 Å². The summed E-state index contributed by atoms with van der Waals surface area (Å²) >= 11 is 5.37. The monoisotopic (exact) mass is 505 g/mol. The van der Waals surface area contributed by atoms with Crippen LogP contribution in [0.3, 0.4) is 0 Å². The molecule has 1 atom stereocenters. The first-order valence-electron chi connectivity index (χ1n) is 12.6. The van der Waals surface area contributed by atoms with E-state index in [0.29, 0.717) is 24.0 Å². The Labute approximate surface area is 219 Å². The number of carbonyl (C=O) groups excluding carboxylic acids is 2. The maximum absolute atomic E-state index is 13.6. The lowest BCUT2D eigenvalue weighted by molar-refractivity contribution is -0.122. The number of benzene rings is 2. The van der Waals surface area contributed by atoms with E-state index in [1.54, 1.807) is 24.3 Å². The third-order valence-electron chi connectivity index (χ3n) is 7.01. The van der Waals surface area contributed by atoms with E-state index in [9.17, 15) is 9.59 Å². The molecule has 190 valence electrons. The van der Waals surface area contributed by atoms with E-state index in [-0.39, 0.29) is 16.2 Å². The molecule has 2 aromatic carbocycles. The van der Waals surface area contributed by atoms with Crippen molar-refractivity contribution in [3.63, 3.8) is 0 Å². The van der Waals surface area contributed by atoms with Gasteiger partial charge in [-0.05, 0) is 106 Å². The molecule has 2 aromatic rings. The van der Waals surface area contributed by atoms with E-state index in [1.807, 2.05) is 19.9 Å². The van der Waals surface area contributed by atoms with E-state index in [4.69, 9.17) is 17.0 Å². The Morgan fingerprint density at radius 1 is 1.19 bits per heavy atom. The largest absolute Gasteiger partial charge is 0.494 e. The number of hydrogen-bond donors (Lipinski definition) is 1. The number of anilines is 2. The molecule has 2 aliphatic heterocycles. The van der Waals surface area contributed by atoms with Gasteiger partial charge in [-0.1, -0.05) is 19.9 Å². The van der Waals surface area contributed by atoms with Crippen LogP contribution in [0.5, 0.6) is 5.75 Å². The summed E-state index contributed by atoms with van der Waals surface area (Å²) in [5.41, 5.74) is 5.06. The Balaban J connectivity index is 1.75. The molecular formula is C29H35N3O3S. The molecule has 7 heteroatoms. The summed E-state index contributed by atoms with van der Waals surface area (Å²) in [6, 6.07) is 11.5. The van der Waals surface area contributed by atoms with Gasteiger partial charge in [0.05, 0.1) is 12.3 Å². The summed E-state index contributed by atoms with van der Waals surface area (Å²) in [7, 11) is 0. The number of rotatable bonds is 6. The highest BCUT2D eigenvalue weighted by atomic mass is 32.1. The minimum atomic E-state index is -0.485. The zero-order valence-corrected chi connectivity index (χ0v) is 22.8. The average molecular weight is 506 g/mol. The number of aryl methyl sites for hydroxylation is 1. The van der Waals surface area contributed by atoms with Crippen LogP contribution in [0.15, 0.2) is 42.0 Å². The predicted molar refractivity (Wildman–Crippen MR) is 150 cm³/mol. The molecule has 1 saturated heterocycles. The van der Waals surface area contributed by atoms with Crippen LogP contribution in [0.2, 0.25) is 0 Å². The fraction of sp³-hybridized carbons (Fsp3) is 0.414. The van der Waals surface area contributed by atoms with Crippen molar-refractivity contribution in [2.75, 3.05) is 23.0 Å².